The summed E-state index contributed by atoms with van der Waals surface area (Å²) in [6.45, 7) is 0. The summed E-state index contributed by atoms with van der Waals surface area (Å²) < 4.78 is 1.96. The molecule has 0 aliphatic heterocycles. The molecule has 0 amide bonds. The second-order valence-corrected chi connectivity index (χ2v) is 4.21. The fraction of sp³-hybridized carbons (Fsp3) is 0.0667. The Labute approximate surface area is 104 Å². The van der Waals surface area contributed by atoms with Gasteiger partial charge in [0.1, 0.15) is 0 Å². The SMILES string of the molecule is Cn1cc(-c2ccccn2)c(=O)c2ccccc21. The van der Waals surface area contributed by atoms with E-state index >= 15 is 0 Å². The van der Waals surface area contributed by atoms with Crippen molar-refractivity contribution in [3.8, 4) is 11.3 Å². The summed E-state index contributed by atoms with van der Waals surface area (Å²) in [6.07, 6.45) is 3.54. The normalized spacial score (nSPS) is 10.7. The molecule has 3 rings (SSSR count). The number of para-hydroxylation sites is 1. The Bertz CT molecular complexity index is 760. The Balaban J connectivity index is 2.39. The highest BCUT2D eigenvalue weighted by Crippen LogP contribution is 2.16. The van der Waals surface area contributed by atoms with Gasteiger partial charge in [0.05, 0.1) is 16.8 Å². The van der Waals surface area contributed by atoms with Crippen molar-refractivity contribution in [1.29, 1.82) is 0 Å². The molecule has 0 spiro atoms. The number of aromatic nitrogens is 2. The third-order valence-corrected chi connectivity index (χ3v) is 3.04. The number of pyridine rings is 2. The largest absolute Gasteiger partial charge is 0.350 e. The van der Waals surface area contributed by atoms with Crippen molar-refractivity contribution in [2.75, 3.05) is 0 Å². The fourth-order valence-corrected chi connectivity index (χ4v) is 2.14. The number of fused-ring (bicyclic) bond motifs is 1. The van der Waals surface area contributed by atoms with Crippen molar-refractivity contribution in [2.45, 2.75) is 0 Å². The molecule has 0 atom stereocenters. The van der Waals surface area contributed by atoms with Crippen molar-refractivity contribution < 1.29 is 0 Å². The van der Waals surface area contributed by atoms with Crippen LogP contribution in [0.5, 0.6) is 0 Å². The molecule has 0 aliphatic rings. The number of nitrogens with zero attached hydrogens (tertiary/aromatic N) is 2. The first-order valence-electron chi connectivity index (χ1n) is 5.77. The van der Waals surface area contributed by atoms with Gasteiger partial charge in [-0.2, -0.15) is 0 Å². The lowest BCUT2D eigenvalue weighted by molar-refractivity contribution is 0.951. The zero-order chi connectivity index (χ0) is 12.5. The van der Waals surface area contributed by atoms with Gasteiger partial charge in [0, 0.05) is 24.8 Å². The van der Waals surface area contributed by atoms with Crippen LogP contribution in [-0.2, 0) is 7.05 Å². The molecule has 18 heavy (non-hydrogen) atoms. The predicted octanol–water partition coefficient (Wildman–Crippen LogP) is 2.60. The van der Waals surface area contributed by atoms with Gasteiger partial charge in [-0.05, 0) is 24.3 Å². The molecule has 0 N–H and O–H groups in total. The van der Waals surface area contributed by atoms with Gasteiger partial charge in [0.15, 0.2) is 5.43 Å². The van der Waals surface area contributed by atoms with E-state index in [4.69, 9.17) is 0 Å². The standard InChI is InChI=1S/C15H12N2O/c1-17-10-12(13-7-4-5-9-16-13)15(18)11-6-2-3-8-14(11)17/h2-10H,1H3. The Hall–Kier alpha value is -2.42. The molecule has 0 saturated heterocycles. The summed E-state index contributed by atoms with van der Waals surface area (Å²) >= 11 is 0. The van der Waals surface area contributed by atoms with E-state index < -0.39 is 0 Å². The Kier molecular flexibility index (Phi) is 2.45. The summed E-state index contributed by atoms with van der Waals surface area (Å²) in [6, 6.07) is 13.2. The Morgan fingerprint density at radius 2 is 1.83 bits per heavy atom. The lowest BCUT2D eigenvalue weighted by Crippen LogP contribution is -2.10. The van der Waals surface area contributed by atoms with E-state index in [9.17, 15) is 4.79 Å². The molecule has 0 radical (unpaired) electrons. The molecule has 0 bridgehead atoms. The van der Waals surface area contributed by atoms with Gasteiger partial charge in [-0.15, -0.1) is 0 Å². The van der Waals surface area contributed by atoms with Crippen molar-refractivity contribution in [1.82, 2.24) is 9.55 Å². The van der Waals surface area contributed by atoms with E-state index in [-0.39, 0.29) is 5.43 Å². The van der Waals surface area contributed by atoms with Gasteiger partial charge >= 0.3 is 0 Å². The third kappa shape index (κ3) is 1.61. The van der Waals surface area contributed by atoms with Crippen molar-refractivity contribution >= 4 is 10.9 Å². The smallest absolute Gasteiger partial charge is 0.198 e. The molecular formula is C15H12N2O. The predicted molar refractivity (Wildman–Crippen MR) is 72.4 cm³/mol. The van der Waals surface area contributed by atoms with Crippen LogP contribution in [-0.4, -0.2) is 9.55 Å². The second kappa shape index (κ2) is 4.11. The van der Waals surface area contributed by atoms with Crippen LogP contribution >= 0.6 is 0 Å². The molecule has 0 aliphatic carbocycles. The summed E-state index contributed by atoms with van der Waals surface area (Å²) in [5.41, 5.74) is 2.31. The molecule has 1 aromatic carbocycles. The van der Waals surface area contributed by atoms with E-state index in [0.29, 0.717) is 11.3 Å². The maximum absolute atomic E-state index is 12.4. The van der Waals surface area contributed by atoms with Crippen molar-refractivity contribution in [3.05, 3.63) is 65.1 Å². The summed E-state index contributed by atoms with van der Waals surface area (Å²) in [5.74, 6) is 0. The fourth-order valence-electron chi connectivity index (χ4n) is 2.14. The topological polar surface area (TPSA) is 34.9 Å². The van der Waals surface area contributed by atoms with Crippen LogP contribution in [0, 0.1) is 0 Å². The average molecular weight is 236 g/mol. The van der Waals surface area contributed by atoms with Gasteiger partial charge < -0.3 is 4.57 Å². The molecule has 3 nitrogen and oxygen atoms in total. The van der Waals surface area contributed by atoms with Gasteiger partial charge in [0.2, 0.25) is 0 Å². The molecule has 3 heteroatoms. The van der Waals surface area contributed by atoms with Crippen molar-refractivity contribution in [3.63, 3.8) is 0 Å². The first-order chi connectivity index (χ1) is 8.77. The average Bonchev–Trinajstić information content (AvgIpc) is 2.44. The molecule has 0 unspecified atom stereocenters. The van der Waals surface area contributed by atoms with Crippen LogP contribution in [0.15, 0.2) is 59.7 Å². The number of hydrogen-bond donors (Lipinski definition) is 0. The highest BCUT2D eigenvalue weighted by molar-refractivity contribution is 5.83. The van der Waals surface area contributed by atoms with Gasteiger partial charge in [0.25, 0.3) is 0 Å². The number of aryl methyl sites for hydroxylation is 1. The van der Waals surface area contributed by atoms with E-state index in [1.54, 1.807) is 6.20 Å². The van der Waals surface area contributed by atoms with Gasteiger partial charge in [-0.25, -0.2) is 0 Å². The van der Waals surface area contributed by atoms with Gasteiger partial charge in [-0.1, -0.05) is 18.2 Å². The van der Waals surface area contributed by atoms with Crippen molar-refractivity contribution in [2.24, 2.45) is 7.05 Å². The molecule has 88 valence electrons. The summed E-state index contributed by atoms with van der Waals surface area (Å²) in [7, 11) is 1.94. The molecular weight excluding hydrogens is 224 g/mol. The number of hydrogen-bond acceptors (Lipinski definition) is 2. The maximum atomic E-state index is 12.4. The van der Waals surface area contributed by atoms with E-state index in [0.717, 1.165) is 10.9 Å². The van der Waals surface area contributed by atoms with Crippen LogP contribution in [0.25, 0.3) is 22.2 Å². The molecule has 3 aromatic rings. The summed E-state index contributed by atoms with van der Waals surface area (Å²) in [5, 5.41) is 0.725. The first kappa shape index (κ1) is 10.7. The Morgan fingerprint density at radius 3 is 2.61 bits per heavy atom. The van der Waals surface area contributed by atoms with Crippen LogP contribution in [0.3, 0.4) is 0 Å². The zero-order valence-corrected chi connectivity index (χ0v) is 10.00. The van der Waals surface area contributed by atoms with Crippen LogP contribution < -0.4 is 5.43 Å². The first-order valence-corrected chi connectivity index (χ1v) is 5.77. The molecule has 2 heterocycles. The summed E-state index contributed by atoms with van der Waals surface area (Å²) in [4.78, 5) is 16.7. The minimum absolute atomic E-state index is 0.0300. The van der Waals surface area contributed by atoms with Crippen LogP contribution in [0.2, 0.25) is 0 Å². The highest BCUT2D eigenvalue weighted by atomic mass is 16.1. The van der Waals surface area contributed by atoms with E-state index in [2.05, 4.69) is 4.98 Å². The minimum Gasteiger partial charge on any atom is -0.350 e. The zero-order valence-electron chi connectivity index (χ0n) is 10.00. The van der Waals surface area contributed by atoms with Gasteiger partial charge in [-0.3, -0.25) is 9.78 Å². The maximum Gasteiger partial charge on any atom is 0.198 e. The Morgan fingerprint density at radius 1 is 1.06 bits per heavy atom. The van der Waals surface area contributed by atoms with Crippen LogP contribution in [0.1, 0.15) is 0 Å². The molecule has 0 fully saturated rings. The second-order valence-electron chi connectivity index (χ2n) is 4.21. The lowest BCUT2D eigenvalue weighted by Gasteiger charge is -2.08. The van der Waals surface area contributed by atoms with E-state index in [1.807, 2.05) is 60.3 Å². The highest BCUT2D eigenvalue weighted by Gasteiger charge is 2.09. The molecule has 0 saturated carbocycles. The number of benzene rings is 1. The van der Waals surface area contributed by atoms with E-state index in [1.165, 1.54) is 0 Å². The van der Waals surface area contributed by atoms with Crippen LogP contribution in [0.4, 0.5) is 0 Å². The third-order valence-electron chi connectivity index (χ3n) is 3.04. The monoisotopic (exact) mass is 236 g/mol. The molecule has 2 aromatic heterocycles. The quantitative estimate of drug-likeness (QED) is 0.651. The lowest BCUT2D eigenvalue weighted by atomic mass is 10.1. The number of rotatable bonds is 1. The minimum atomic E-state index is 0.0300.